The van der Waals surface area contributed by atoms with Gasteiger partial charge in [-0.1, -0.05) is 74.5 Å². The molecule has 0 amide bonds. The van der Waals surface area contributed by atoms with Gasteiger partial charge in [0.25, 0.3) is 0 Å². The number of cyclic esters (lactones) is 1. The Morgan fingerprint density at radius 1 is 0.885 bits per heavy atom. The van der Waals surface area contributed by atoms with Gasteiger partial charge >= 0.3 is 5.97 Å². The summed E-state index contributed by atoms with van der Waals surface area (Å²) in [5, 5.41) is 0. The van der Waals surface area contributed by atoms with E-state index in [4.69, 9.17) is 14.2 Å². The molecule has 4 nitrogen and oxygen atoms in total. The highest BCUT2D eigenvalue weighted by Crippen LogP contribution is 2.30. The number of benzene rings is 2. The van der Waals surface area contributed by atoms with Crippen LogP contribution in [0.25, 0.3) is 0 Å². The topological polar surface area (TPSA) is 44.8 Å². The lowest BCUT2D eigenvalue weighted by Gasteiger charge is -2.39. The fraction of sp³-hybridized carbons (Fsp3) is 0.409. The average molecular weight is 354 g/mol. The first kappa shape index (κ1) is 18.6. The lowest BCUT2D eigenvalue weighted by Crippen LogP contribution is -2.53. The van der Waals surface area contributed by atoms with E-state index in [1.54, 1.807) is 0 Å². The van der Waals surface area contributed by atoms with Crippen LogP contribution in [0, 0.1) is 5.92 Å². The maximum atomic E-state index is 12.5. The van der Waals surface area contributed by atoms with Crippen LogP contribution in [-0.4, -0.2) is 24.3 Å². The Morgan fingerprint density at radius 2 is 1.42 bits per heavy atom. The molecule has 138 valence electrons. The second kappa shape index (κ2) is 8.97. The number of ether oxygens (including phenoxy) is 3. The van der Waals surface area contributed by atoms with Gasteiger partial charge in [0.15, 0.2) is 6.10 Å². The maximum Gasteiger partial charge on any atom is 0.338 e. The molecule has 0 radical (unpaired) electrons. The van der Waals surface area contributed by atoms with Gasteiger partial charge < -0.3 is 14.2 Å². The Balaban J connectivity index is 1.71. The molecule has 0 bridgehead atoms. The quantitative estimate of drug-likeness (QED) is 0.702. The van der Waals surface area contributed by atoms with E-state index in [1.807, 2.05) is 67.6 Å². The van der Waals surface area contributed by atoms with Gasteiger partial charge in [-0.3, -0.25) is 0 Å². The van der Waals surface area contributed by atoms with Crippen LogP contribution < -0.4 is 0 Å². The van der Waals surface area contributed by atoms with Crippen LogP contribution in [0.2, 0.25) is 0 Å². The van der Waals surface area contributed by atoms with Crippen molar-refractivity contribution in [3.05, 3.63) is 71.8 Å². The molecule has 4 atom stereocenters. The molecule has 1 saturated heterocycles. The van der Waals surface area contributed by atoms with E-state index in [9.17, 15) is 4.79 Å². The van der Waals surface area contributed by atoms with E-state index < -0.39 is 6.10 Å². The third kappa shape index (κ3) is 4.51. The summed E-state index contributed by atoms with van der Waals surface area (Å²) in [6.07, 6.45) is -0.412. The Labute approximate surface area is 155 Å². The molecule has 1 unspecified atom stereocenters. The van der Waals surface area contributed by atoms with Gasteiger partial charge in [0.05, 0.1) is 13.2 Å². The lowest BCUT2D eigenvalue weighted by molar-refractivity contribution is -0.207. The molecule has 0 spiro atoms. The highest BCUT2D eigenvalue weighted by Gasteiger charge is 2.44. The summed E-state index contributed by atoms with van der Waals surface area (Å²) < 4.78 is 17.7. The molecule has 4 heteroatoms. The van der Waals surface area contributed by atoms with Gasteiger partial charge in [-0.05, 0) is 17.5 Å². The number of carbonyl (C=O) groups is 1. The molecule has 0 N–H and O–H groups in total. The summed E-state index contributed by atoms with van der Waals surface area (Å²) in [5.41, 5.74) is 2.10. The number of esters is 1. The molecule has 26 heavy (non-hydrogen) atoms. The number of hydrogen-bond acceptors (Lipinski definition) is 4. The Hall–Kier alpha value is -2.17. The zero-order valence-electron chi connectivity index (χ0n) is 15.3. The Kier molecular flexibility index (Phi) is 6.42. The summed E-state index contributed by atoms with van der Waals surface area (Å²) in [5.74, 6) is -0.258. The van der Waals surface area contributed by atoms with Gasteiger partial charge in [-0.2, -0.15) is 0 Å². The van der Waals surface area contributed by atoms with Gasteiger partial charge in [0.1, 0.15) is 12.2 Å². The second-order valence-electron chi connectivity index (χ2n) is 6.72. The molecule has 1 heterocycles. The molecule has 3 rings (SSSR count). The molecule has 1 fully saturated rings. The summed E-state index contributed by atoms with van der Waals surface area (Å²) in [4.78, 5) is 12.5. The molecule has 2 aromatic rings. The number of rotatable bonds is 7. The number of hydrogen-bond donors (Lipinski definition) is 0. The van der Waals surface area contributed by atoms with Crippen molar-refractivity contribution in [2.24, 2.45) is 5.92 Å². The molecule has 2 aromatic carbocycles. The van der Waals surface area contributed by atoms with Crippen molar-refractivity contribution in [1.29, 1.82) is 0 Å². The van der Waals surface area contributed by atoms with Crippen LogP contribution in [0.1, 0.15) is 31.4 Å². The second-order valence-corrected chi connectivity index (χ2v) is 6.72. The molecule has 1 aliphatic heterocycles. The largest absolute Gasteiger partial charge is 0.460 e. The van der Waals surface area contributed by atoms with Crippen LogP contribution in [-0.2, 0) is 32.2 Å². The minimum absolute atomic E-state index is 0.0715. The molecule has 0 saturated carbocycles. The minimum Gasteiger partial charge on any atom is -0.460 e. The van der Waals surface area contributed by atoms with Crippen LogP contribution in [0.5, 0.6) is 0 Å². The minimum atomic E-state index is -0.711. The van der Waals surface area contributed by atoms with E-state index in [-0.39, 0.29) is 24.1 Å². The fourth-order valence-electron chi connectivity index (χ4n) is 3.33. The van der Waals surface area contributed by atoms with Crippen molar-refractivity contribution in [2.45, 2.75) is 51.8 Å². The van der Waals surface area contributed by atoms with E-state index >= 15 is 0 Å². The average Bonchev–Trinajstić information content (AvgIpc) is 2.69. The van der Waals surface area contributed by atoms with E-state index in [0.717, 1.165) is 17.5 Å². The third-order valence-electron chi connectivity index (χ3n) is 4.86. The van der Waals surface area contributed by atoms with Crippen LogP contribution in [0.4, 0.5) is 0 Å². The molecule has 0 aromatic heterocycles. The smallest absolute Gasteiger partial charge is 0.338 e. The predicted octanol–water partition coefficient (Wildman–Crippen LogP) is 4.13. The van der Waals surface area contributed by atoms with E-state index in [2.05, 4.69) is 6.92 Å². The van der Waals surface area contributed by atoms with E-state index in [1.165, 1.54) is 0 Å². The van der Waals surface area contributed by atoms with Crippen LogP contribution >= 0.6 is 0 Å². The molecular formula is C22H26O4. The number of carbonyl (C=O) groups excluding carboxylic acids is 1. The zero-order valence-corrected chi connectivity index (χ0v) is 15.3. The third-order valence-corrected chi connectivity index (χ3v) is 4.86. The Bertz CT molecular complexity index is 686. The summed E-state index contributed by atoms with van der Waals surface area (Å²) >= 11 is 0. The van der Waals surface area contributed by atoms with Crippen molar-refractivity contribution in [1.82, 2.24) is 0 Å². The van der Waals surface area contributed by atoms with Crippen LogP contribution in [0.3, 0.4) is 0 Å². The van der Waals surface area contributed by atoms with Crippen molar-refractivity contribution in [2.75, 3.05) is 0 Å². The van der Waals surface area contributed by atoms with Crippen molar-refractivity contribution >= 4 is 5.97 Å². The standard InChI is InChI=1S/C22H26O4/c1-3-19-16(2)20(24-14-17-10-6-4-7-11-17)21(22(23)26-19)25-15-18-12-8-5-9-13-18/h4-13,16,19-21H,3,14-15H2,1-2H3/t16?,19-,20+,21-/m1/s1. The van der Waals surface area contributed by atoms with Crippen molar-refractivity contribution in [3.8, 4) is 0 Å². The van der Waals surface area contributed by atoms with Gasteiger partial charge in [0, 0.05) is 5.92 Å². The van der Waals surface area contributed by atoms with Crippen molar-refractivity contribution in [3.63, 3.8) is 0 Å². The SMILES string of the molecule is CC[C@H]1OC(=O)[C@H](OCc2ccccc2)[C@@H](OCc2ccccc2)C1C. The summed E-state index contributed by atoms with van der Waals surface area (Å²) in [6, 6.07) is 19.8. The first-order valence-electron chi connectivity index (χ1n) is 9.20. The summed E-state index contributed by atoms with van der Waals surface area (Å²) in [6.45, 7) is 4.89. The molecule has 0 aliphatic carbocycles. The normalized spacial score (nSPS) is 25.7. The molecule has 1 aliphatic rings. The first-order valence-corrected chi connectivity index (χ1v) is 9.20. The fourth-order valence-corrected chi connectivity index (χ4v) is 3.33. The van der Waals surface area contributed by atoms with Crippen LogP contribution in [0.15, 0.2) is 60.7 Å². The highest BCUT2D eigenvalue weighted by atomic mass is 16.6. The monoisotopic (exact) mass is 354 g/mol. The first-order chi connectivity index (χ1) is 12.7. The van der Waals surface area contributed by atoms with Gasteiger partial charge in [-0.15, -0.1) is 0 Å². The lowest BCUT2D eigenvalue weighted by atomic mass is 9.89. The van der Waals surface area contributed by atoms with E-state index in [0.29, 0.717) is 13.2 Å². The molecular weight excluding hydrogens is 328 g/mol. The Morgan fingerprint density at radius 3 is 1.96 bits per heavy atom. The van der Waals surface area contributed by atoms with Gasteiger partial charge in [0.2, 0.25) is 0 Å². The predicted molar refractivity (Wildman–Crippen MR) is 99.4 cm³/mol. The maximum absolute atomic E-state index is 12.5. The summed E-state index contributed by atoms with van der Waals surface area (Å²) in [7, 11) is 0. The highest BCUT2D eigenvalue weighted by molar-refractivity contribution is 5.76. The zero-order chi connectivity index (χ0) is 18.4. The van der Waals surface area contributed by atoms with Crippen molar-refractivity contribution < 1.29 is 19.0 Å². The van der Waals surface area contributed by atoms with Gasteiger partial charge in [-0.25, -0.2) is 4.79 Å².